The Labute approximate surface area is 120 Å². The van der Waals surface area contributed by atoms with Crippen LogP contribution in [0.1, 0.15) is 12.7 Å². The van der Waals surface area contributed by atoms with Crippen molar-refractivity contribution in [3.63, 3.8) is 0 Å². The first kappa shape index (κ1) is 14.4. The van der Waals surface area contributed by atoms with E-state index in [1.54, 1.807) is 24.3 Å². The molecule has 3 N–H and O–H groups in total. The van der Waals surface area contributed by atoms with Crippen LogP contribution in [0, 0.1) is 0 Å². The topological polar surface area (TPSA) is 122 Å². The van der Waals surface area contributed by atoms with Crippen LogP contribution in [-0.2, 0) is 16.1 Å². The van der Waals surface area contributed by atoms with Crippen LogP contribution in [0.2, 0.25) is 0 Å². The van der Waals surface area contributed by atoms with Crippen LogP contribution < -0.4 is 10.6 Å². The summed E-state index contributed by atoms with van der Waals surface area (Å²) in [6.45, 7) is 1.57. The van der Waals surface area contributed by atoms with E-state index in [1.807, 2.05) is 6.07 Å². The smallest absolute Gasteiger partial charge is 0.412 e. The minimum atomic E-state index is -0.944. The number of rotatable bonds is 5. The number of hydrogen-bond donors (Lipinski definition) is 3. The molecule has 1 aromatic heterocycles. The van der Waals surface area contributed by atoms with Gasteiger partial charge >= 0.3 is 6.09 Å². The molecule has 0 radical (unpaired) electrons. The van der Waals surface area contributed by atoms with E-state index < -0.39 is 18.1 Å². The zero-order valence-electron chi connectivity index (χ0n) is 11.2. The van der Waals surface area contributed by atoms with Gasteiger partial charge in [-0.3, -0.25) is 10.1 Å². The summed E-state index contributed by atoms with van der Waals surface area (Å²) < 4.78 is 4.96. The fourth-order valence-electron chi connectivity index (χ4n) is 1.45. The van der Waals surface area contributed by atoms with E-state index in [-0.39, 0.29) is 6.54 Å². The highest BCUT2D eigenvalue weighted by Gasteiger charge is 2.18. The highest BCUT2D eigenvalue weighted by Crippen LogP contribution is 2.06. The van der Waals surface area contributed by atoms with Crippen molar-refractivity contribution in [3.05, 3.63) is 36.2 Å². The molecule has 21 heavy (non-hydrogen) atoms. The summed E-state index contributed by atoms with van der Waals surface area (Å²) in [6, 6.07) is 8.79. The molecule has 0 aliphatic heterocycles. The molecule has 0 fully saturated rings. The minimum Gasteiger partial charge on any atom is -0.436 e. The van der Waals surface area contributed by atoms with E-state index >= 15 is 0 Å². The van der Waals surface area contributed by atoms with Gasteiger partial charge in [-0.05, 0) is 19.1 Å². The van der Waals surface area contributed by atoms with Gasteiger partial charge in [0.15, 0.2) is 11.9 Å². The summed E-state index contributed by atoms with van der Waals surface area (Å²) in [5.41, 5.74) is 0.585. The van der Waals surface area contributed by atoms with Crippen molar-refractivity contribution in [2.45, 2.75) is 19.6 Å². The number of aromatic amines is 1. The summed E-state index contributed by atoms with van der Waals surface area (Å²) in [5.74, 6) is -0.118. The number of tetrazole rings is 1. The highest BCUT2D eigenvalue weighted by molar-refractivity contribution is 5.88. The molecular formula is C12H14N6O3. The standard InChI is InChI=1S/C12H14N6O3/c1-8(11(19)13-7-10-15-17-18-16-10)21-12(20)14-9-5-3-2-4-6-9/h2-6,8H,7H2,1H3,(H,13,19)(H,14,20)(H,15,16,17,18). The Morgan fingerprint density at radius 1 is 1.33 bits per heavy atom. The minimum absolute atomic E-state index is 0.101. The molecule has 0 saturated heterocycles. The maximum Gasteiger partial charge on any atom is 0.412 e. The average molecular weight is 290 g/mol. The molecule has 0 saturated carbocycles. The molecular weight excluding hydrogens is 276 g/mol. The second kappa shape index (κ2) is 6.98. The number of H-pyrrole nitrogens is 1. The lowest BCUT2D eigenvalue weighted by Crippen LogP contribution is -2.36. The molecule has 2 rings (SSSR count). The number of hydrogen-bond acceptors (Lipinski definition) is 6. The fourth-order valence-corrected chi connectivity index (χ4v) is 1.45. The maximum atomic E-state index is 11.7. The molecule has 1 heterocycles. The molecule has 9 heteroatoms. The molecule has 0 aliphatic rings. The summed E-state index contributed by atoms with van der Waals surface area (Å²) in [7, 11) is 0. The van der Waals surface area contributed by atoms with Gasteiger partial charge in [0.25, 0.3) is 5.91 Å². The SMILES string of the molecule is CC(OC(=O)Nc1ccccc1)C(=O)NCc1nn[nH]n1. The van der Waals surface area contributed by atoms with Gasteiger partial charge in [0.2, 0.25) is 0 Å². The molecule has 0 bridgehead atoms. The van der Waals surface area contributed by atoms with E-state index in [9.17, 15) is 9.59 Å². The largest absolute Gasteiger partial charge is 0.436 e. The number of nitrogens with zero attached hydrogens (tertiary/aromatic N) is 3. The van der Waals surface area contributed by atoms with Crippen LogP contribution in [0.4, 0.5) is 10.5 Å². The third kappa shape index (κ3) is 4.56. The first-order valence-corrected chi connectivity index (χ1v) is 6.18. The van der Waals surface area contributed by atoms with Gasteiger partial charge < -0.3 is 10.1 Å². The van der Waals surface area contributed by atoms with Gasteiger partial charge in [-0.2, -0.15) is 5.21 Å². The maximum absolute atomic E-state index is 11.7. The van der Waals surface area contributed by atoms with Crippen molar-refractivity contribution in [1.82, 2.24) is 25.9 Å². The Morgan fingerprint density at radius 3 is 2.76 bits per heavy atom. The van der Waals surface area contributed by atoms with Crippen molar-refractivity contribution in [2.24, 2.45) is 0 Å². The van der Waals surface area contributed by atoms with Crippen molar-refractivity contribution in [3.8, 4) is 0 Å². The third-order valence-electron chi connectivity index (χ3n) is 2.48. The number of para-hydroxylation sites is 1. The molecule has 1 atom stereocenters. The van der Waals surface area contributed by atoms with Crippen LogP contribution in [0.3, 0.4) is 0 Å². The summed E-state index contributed by atoms with van der Waals surface area (Å²) in [5, 5.41) is 18.0. The predicted molar refractivity (Wildman–Crippen MR) is 72.0 cm³/mol. The number of nitrogens with one attached hydrogen (secondary N) is 3. The lowest BCUT2D eigenvalue weighted by atomic mass is 10.3. The van der Waals surface area contributed by atoms with Crippen LogP contribution in [0.25, 0.3) is 0 Å². The Morgan fingerprint density at radius 2 is 2.10 bits per heavy atom. The van der Waals surface area contributed by atoms with Gasteiger partial charge in [0.05, 0.1) is 6.54 Å². The van der Waals surface area contributed by atoms with Gasteiger partial charge in [-0.15, -0.1) is 10.2 Å². The monoisotopic (exact) mass is 290 g/mol. The fraction of sp³-hybridized carbons (Fsp3) is 0.250. The lowest BCUT2D eigenvalue weighted by Gasteiger charge is -2.13. The second-order valence-electron chi connectivity index (χ2n) is 4.08. The van der Waals surface area contributed by atoms with Crippen molar-refractivity contribution in [1.29, 1.82) is 0 Å². The van der Waals surface area contributed by atoms with E-state index in [4.69, 9.17) is 4.74 Å². The summed E-state index contributed by atoms with van der Waals surface area (Å²) in [6.07, 6.45) is -1.65. The third-order valence-corrected chi connectivity index (χ3v) is 2.48. The molecule has 2 aromatic rings. The zero-order valence-corrected chi connectivity index (χ0v) is 11.2. The van der Waals surface area contributed by atoms with Crippen LogP contribution in [-0.4, -0.2) is 38.7 Å². The molecule has 1 unspecified atom stereocenters. The highest BCUT2D eigenvalue weighted by atomic mass is 16.6. The van der Waals surface area contributed by atoms with Crippen LogP contribution >= 0.6 is 0 Å². The molecule has 1 aromatic carbocycles. The number of carbonyl (C=O) groups is 2. The van der Waals surface area contributed by atoms with E-state index in [1.165, 1.54) is 6.92 Å². The Balaban J connectivity index is 1.76. The quantitative estimate of drug-likeness (QED) is 0.735. The molecule has 2 amide bonds. The number of carbonyl (C=O) groups excluding carboxylic acids is 2. The Kier molecular flexibility index (Phi) is 4.80. The number of amides is 2. The van der Waals surface area contributed by atoms with Crippen molar-refractivity contribution < 1.29 is 14.3 Å². The Bertz CT molecular complexity index is 586. The van der Waals surface area contributed by atoms with Crippen LogP contribution in [0.15, 0.2) is 30.3 Å². The van der Waals surface area contributed by atoms with E-state index in [2.05, 4.69) is 31.3 Å². The van der Waals surface area contributed by atoms with Crippen molar-refractivity contribution >= 4 is 17.7 Å². The van der Waals surface area contributed by atoms with Gasteiger partial charge in [0.1, 0.15) is 0 Å². The molecule has 0 aliphatic carbocycles. The van der Waals surface area contributed by atoms with Crippen LogP contribution in [0.5, 0.6) is 0 Å². The number of anilines is 1. The average Bonchev–Trinajstić information content (AvgIpc) is 2.98. The lowest BCUT2D eigenvalue weighted by molar-refractivity contribution is -0.128. The van der Waals surface area contributed by atoms with Gasteiger partial charge in [0, 0.05) is 5.69 Å². The van der Waals surface area contributed by atoms with Gasteiger partial charge in [-0.25, -0.2) is 4.79 Å². The second-order valence-corrected chi connectivity index (χ2v) is 4.08. The first-order chi connectivity index (χ1) is 10.1. The number of ether oxygens (including phenoxy) is 1. The summed E-state index contributed by atoms with van der Waals surface area (Å²) in [4.78, 5) is 23.3. The number of aromatic nitrogens is 4. The molecule has 110 valence electrons. The predicted octanol–water partition coefficient (Wildman–Crippen LogP) is 0.453. The molecule has 9 nitrogen and oxygen atoms in total. The van der Waals surface area contributed by atoms with Gasteiger partial charge in [-0.1, -0.05) is 23.4 Å². The van der Waals surface area contributed by atoms with E-state index in [0.717, 1.165) is 0 Å². The summed E-state index contributed by atoms with van der Waals surface area (Å²) >= 11 is 0. The zero-order chi connectivity index (χ0) is 15.1. The number of benzene rings is 1. The Hall–Kier alpha value is -2.97. The normalized spacial score (nSPS) is 11.5. The van der Waals surface area contributed by atoms with E-state index in [0.29, 0.717) is 11.5 Å². The first-order valence-electron chi connectivity index (χ1n) is 6.18. The molecule has 0 spiro atoms. The van der Waals surface area contributed by atoms with Crippen molar-refractivity contribution in [2.75, 3.05) is 5.32 Å².